The molecule has 1 nitrogen and oxygen atoms in total. The molecule has 0 aliphatic heterocycles. The van der Waals surface area contributed by atoms with Crippen molar-refractivity contribution >= 4 is 5.78 Å². The van der Waals surface area contributed by atoms with Gasteiger partial charge >= 0.3 is 0 Å². The van der Waals surface area contributed by atoms with Crippen LogP contribution in [-0.2, 0) is 4.79 Å². The quantitative estimate of drug-likeness (QED) is 0.562. The van der Waals surface area contributed by atoms with Crippen LogP contribution in [0.3, 0.4) is 0 Å². The molecule has 0 amide bonds. The highest BCUT2D eigenvalue weighted by molar-refractivity contribution is 6.03. The number of Topliss-reactive ketones (excluding diaryl/α,β-unsaturated/α-hetero) is 1. The third-order valence-corrected chi connectivity index (χ3v) is 8.27. The number of rotatable bonds is 0. The maximum atomic E-state index is 13.0. The first-order valence-corrected chi connectivity index (χ1v) is 9.05. The van der Waals surface area contributed by atoms with E-state index in [0.717, 1.165) is 24.3 Å². The van der Waals surface area contributed by atoms with Gasteiger partial charge in [0.25, 0.3) is 0 Å². The molecule has 4 fully saturated rings. The Kier molecular flexibility index (Phi) is 2.69. The maximum Gasteiger partial charge on any atom is 0.165 e. The molecule has 0 unspecified atom stereocenters. The van der Waals surface area contributed by atoms with Crippen LogP contribution in [0.4, 0.5) is 0 Å². The van der Waals surface area contributed by atoms with Crippen LogP contribution in [0.2, 0.25) is 0 Å². The zero-order valence-corrected chi connectivity index (χ0v) is 14.0. The predicted octanol–water partition coefficient (Wildman–Crippen LogP) is 5.15. The molecule has 0 aromatic carbocycles. The summed E-state index contributed by atoms with van der Waals surface area (Å²) in [5, 5.41) is 0. The lowest BCUT2D eigenvalue weighted by Gasteiger charge is -2.63. The molecule has 116 valence electrons. The Morgan fingerprint density at radius 2 is 1.76 bits per heavy atom. The SMILES string of the molecule is C=C1C(=O)[C@]23CC[C@H]4C(C)(C)CCC[C@]4(C)[C@H]2CC[C@@H]1C3. The Labute approximate surface area is 129 Å². The number of carbonyl (C=O) groups is 1. The second kappa shape index (κ2) is 4.03. The standard InChI is InChI=1S/C20H30O/c1-13-14-6-7-16-19(4)10-5-9-18(2,3)15(19)8-11-20(16,12-14)17(13)21/h14-16H,1,5-12H2,2-4H3/t14-,15+,16-,19+,20+/m1/s1. The van der Waals surface area contributed by atoms with Crippen molar-refractivity contribution in [1.29, 1.82) is 0 Å². The number of ketones is 1. The highest BCUT2D eigenvalue weighted by Gasteiger charge is 2.66. The Bertz CT molecular complexity index is 516. The fraction of sp³-hybridized carbons (Fsp3) is 0.850. The minimum Gasteiger partial charge on any atom is -0.294 e. The van der Waals surface area contributed by atoms with Crippen molar-refractivity contribution in [2.45, 2.75) is 72.1 Å². The molecule has 2 bridgehead atoms. The highest BCUT2D eigenvalue weighted by atomic mass is 16.1. The summed E-state index contributed by atoms with van der Waals surface area (Å²) in [5.74, 6) is 2.43. The van der Waals surface area contributed by atoms with Gasteiger partial charge in [0.05, 0.1) is 0 Å². The lowest BCUT2D eigenvalue weighted by atomic mass is 9.41. The molecule has 0 aromatic rings. The fourth-order valence-electron chi connectivity index (χ4n) is 7.44. The van der Waals surface area contributed by atoms with Crippen LogP contribution in [0.15, 0.2) is 12.2 Å². The van der Waals surface area contributed by atoms with Gasteiger partial charge in [0.1, 0.15) is 0 Å². The molecule has 0 N–H and O–H groups in total. The molecule has 5 atom stereocenters. The van der Waals surface area contributed by atoms with Crippen LogP contribution in [-0.4, -0.2) is 5.78 Å². The van der Waals surface area contributed by atoms with E-state index in [2.05, 4.69) is 27.4 Å². The van der Waals surface area contributed by atoms with E-state index in [4.69, 9.17) is 0 Å². The van der Waals surface area contributed by atoms with E-state index in [9.17, 15) is 4.79 Å². The first-order chi connectivity index (χ1) is 9.81. The van der Waals surface area contributed by atoms with E-state index >= 15 is 0 Å². The second-order valence-electron chi connectivity index (χ2n) is 9.48. The van der Waals surface area contributed by atoms with E-state index in [0.29, 0.717) is 28.4 Å². The fourth-order valence-corrected chi connectivity index (χ4v) is 7.44. The van der Waals surface area contributed by atoms with Gasteiger partial charge in [-0.05, 0) is 79.1 Å². The lowest BCUT2D eigenvalue weighted by molar-refractivity contribution is -0.160. The molecule has 1 heteroatoms. The Balaban J connectivity index is 1.79. The van der Waals surface area contributed by atoms with Crippen LogP contribution in [0.25, 0.3) is 0 Å². The first-order valence-electron chi connectivity index (χ1n) is 9.05. The normalized spacial score (nSPS) is 51.5. The van der Waals surface area contributed by atoms with Gasteiger partial charge in [0, 0.05) is 5.41 Å². The zero-order valence-electron chi connectivity index (χ0n) is 14.0. The summed E-state index contributed by atoms with van der Waals surface area (Å²) >= 11 is 0. The topological polar surface area (TPSA) is 17.1 Å². The Morgan fingerprint density at radius 1 is 1.00 bits per heavy atom. The van der Waals surface area contributed by atoms with Crippen molar-refractivity contribution in [3.8, 4) is 0 Å². The minimum atomic E-state index is -0.00132. The summed E-state index contributed by atoms with van der Waals surface area (Å²) in [5.41, 5.74) is 1.84. The van der Waals surface area contributed by atoms with Crippen LogP contribution < -0.4 is 0 Å². The number of allylic oxidation sites excluding steroid dienone is 1. The van der Waals surface area contributed by atoms with Gasteiger partial charge in [0.15, 0.2) is 5.78 Å². The molecule has 4 rings (SSSR count). The largest absolute Gasteiger partial charge is 0.294 e. The van der Waals surface area contributed by atoms with E-state index in [1.54, 1.807) is 0 Å². The molecule has 0 radical (unpaired) electrons. The average Bonchev–Trinajstić information content (AvgIpc) is 2.59. The van der Waals surface area contributed by atoms with Crippen LogP contribution in [0, 0.1) is 34.0 Å². The Morgan fingerprint density at radius 3 is 2.52 bits per heavy atom. The van der Waals surface area contributed by atoms with Crippen LogP contribution in [0.1, 0.15) is 72.1 Å². The molecular formula is C20H30O. The molecule has 4 aliphatic rings. The Hall–Kier alpha value is -0.590. The van der Waals surface area contributed by atoms with Crippen molar-refractivity contribution in [1.82, 2.24) is 0 Å². The van der Waals surface area contributed by atoms with E-state index < -0.39 is 0 Å². The van der Waals surface area contributed by atoms with Gasteiger partial charge in [-0.15, -0.1) is 0 Å². The molecular weight excluding hydrogens is 256 g/mol. The van der Waals surface area contributed by atoms with Crippen molar-refractivity contribution in [3.63, 3.8) is 0 Å². The first kappa shape index (κ1) is 14.0. The lowest BCUT2D eigenvalue weighted by Crippen LogP contribution is -2.57. The van der Waals surface area contributed by atoms with Crippen LogP contribution in [0.5, 0.6) is 0 Å². The van der Waals surface area contributed by atoms with E-state index in [-0.39, 0.29) is 5.41 Å². The summed E-state index contributed by atoms with van der Waals surface area (Å²) in [4.78, 5) is 13.0. The van der Waals surface area contributed by atoms with Gasteiger partial charge in [-0.2, -0.15) is 0 Å². The van der Waals surface area contributed by atoms with E-state index in [1.807, 2.05) is 0 Å². The third kappa shape index (κ3) is 1.56. The summed E-state index contributed by atoms with van der Waals surface area (Å²) < 4.78 is 0. The summed E-state index contributed by atoms with van der Waals surface area (Å²) in [6, 6.07) is 0. The number of fused-ring (bicyclic) bond motifs is 3. The van der Waals surface area contributed by atoms with E-state index in [1.165, 1.54) is 38.5 Å². The monoisotopic (exact) mass is 286 g/mol. The minimum absolute atomic E-state index is 0.00132. The maximum absolute atomic E-state index is 13.0. The van der Waals surface area contributed by atoms with Gasteiger partial charge in [-0.25, -0.2) is 0 Å². The highest BCUT2D eigenvalue weighted by Crippen LogP contribution is 2.70. The summed E-state index contributed by atoms with van der Waals surface area (Å²) in [6.07, 6.45) is 10.1. The zero-order chi connectivity index (χ0) is 15.0. The van der Waals surface area contributed by atoms with Crippen molar-refractivity contribution in [3.05, 3.63) is 12.2 Å². The molecule has 0 aromatic heterocycles. The summed E-state index contributed by atoms with van der Waals surface area (Å²) in [6.45, 7) is 11.7. The number of hydrogen-bond donors (Lipinski definition) is 0. The molecule has 1 spiro atoms. The molecule has 4 saturated carbocycles. The number of carbonyl (C=O) groups excluding carboxylic acids is 1. The van der Waals surface area contributed by atoms with Crippen molar-refractivity contribution in [2.75, 3.05) is 0 Å². The van der Waals surface area contributed by atoms with Gasteiger partial charge in [-0.1, -0.05) is 33.8 Å². The van der Waals surface area contributed by atoms with Crippen molar-refractivity contribution < 1.29 is 4.79 Å². The molecule has 4 aliphatic carbocycles. The second-order valence-corrected chi connectivity index (χ2v) is 9.48. The molecule has 21 heavy (non-hydrogen) atoms. The average molecular weight is 286 g/mol. The van der Waals surface area contributed by atoms with Crippen molar-refractivity contribution in [2.24, 2.45) is 34.0 Å². The molecule has 0 saturated heterocycles. The van der Waals surface area contributed by atoms with Crippen LogP contribution >= 0.6 is 0 Å². The number of hydrogen-bond acceptors (Lipinski definition) is 1. The molecule has 0 heterocycles. The van der Waals surface area contributed by atoms with Gasteiger partial charge in [-0.3, -0.25) is 4.79 Å². The predicted molar refractivity (Wildman–Crippen MR) is 85.9 cm³/mol. The summed E-state index contributed by atoms with van der Waals surface area (Å²) in [7, 11) is 0. The van der Waals surface area contributed by atoms with Gasteiger partial charge < -0.3 is 0 Å². The third-order valence-electron chi connectivity index (χ3n) is 8.27. The smallest absolute Gasteiger partial charge is 0.165 e. The van der Waals surface area contributed by atoms with Gasteiger partial charge in [0.2, 0.25) is 0 Å².